The van der Waals surface area contributed by atoms with Gasteiger partial charge in [-0.25, -0.2) is 4.39 Å². The quantitative estimate of drug-likeness (QED) is 0.932. The van der Waals surface area contributed by atoms with Crippen molar-refractivity contribution in [2.24, 2.45) is 5.73 Å². The highest BCUT2D eigenvalue weighted by Gasteiger charge is 2.14. The number of halogens is 1. The zero-order chi connectivity index (χ0) is 14.7. The summed E-state index contributed by atoms with van der Waals surface area (Å²) in [6, 6.07) is 9.81. The minimum atomic E-state index is -0.338. The molecule has 0 saturated heterocycles. The number of hydrogen-bond acceptors (Lipinski definition) is 3. The number of hydrogen-bond donors (Lipinski definition) is 1. The topological polar surface area (TPSA) is 44.5 Å². The van der Waals surface area contributed by atoms with Crippen molar-refractivity contribution < 1.29 is 13.9 Å². The number of aryl methyl sites for hydroxylation is 1. The fourth-order valence-corrected chi connectivity index (χ4v) is 2.21. The molecule has 0 aliphatic rings. The molecule has 2 rings (SSSR count). The molecule has 0 fully saturated rings. The summed E-state index contributed by atoms with van der Waals surface area (Å²) in [4.78, 5) is 0. The molecule has 0 bridgehead atoms. The Morgan fingerprint density at radius 2 is 1.70 bits per heavy atom. The first kappa shape index (κ1) is 14.3. The first-order valence-electron chi connectivity index (χ1n) is 6.30. The minimum Gasteiger partial charge on any atom is -0.493 e. The van der Waals surface area contributed by atoms with E-state index in [1.165, 1.54) is 12.1 Å². The Morgan fingerprint density at radius 1 is 1.00 bits per heavy atom. The van der Waals surface area contributed by atoms with Gasteiger partial charge < -0.3 is 15.2 Å². The summed E-state index contributed by atoms with van der Waals surface area (Å²) in [5.41, 5.74) is 8.86. The lowest BCUT2D eigenvalue weighted by molar-refractivity contribution is 0.354. The Bertz CT molecular complexity index is 613. The molecule has 2 aromatic carbocycles. The van der Waals surface area contributed by atoms with Gasteiger partial charge in [0.15, 0.2) is 11.5 Å². The van der Waals surface area contributed by atoms with Crippen LogP contribution in [0.15, 0.2) is 36.4 Å². The summed E-state index contributed by atoms with van der Waals surface area (Å²) in [7, 11) is 3.16. The van der Waals surface area contributed by atoms with Gasteiger partial charge in [0.2, 0.25) is 0 Å². The van der Waals surface area contributed by atoms with Crippen molar-refractivity contribution in [2.45, 2.75) is 13.0 Å². The largest absolute Gasteiger partial charge is 0.493 e. The second kappa shape index (κ2) is 5.92. The van der Waals surface area contributed by atoms with Gasteiger partial charge in [0, 0.05) is 0 Å². The van der Waals surface area contributed by atoms with Crippen LogP contribution in [0.1, 0.15) is 22.7 Å². The lowest BCUT2D eigenvalue weighted by Gasteiger charge is -2.17. The maximum Gasteiger partial charge on any atom is 0.161 e. The van der Waals surface area contributed by atoms with E-state index in [0.717, 1.165) is 16.7 Å². The van der Waals surface area contributed by atoms with E-state index in [4.69, 9.17) is 15.2 Å². The smallest absolute Gasteiger partial charge is 0.161 e. The molecule has 2 N–H and O–H groups in total. The number of ether oxygens (including phenoxy) is 2. The van der Waals surface area contributed by atoms with Crippen LogP contribution < -0.4 is 15.2 Å². The number of methoxy groups -OCH3 is 2. The molecule has 0 amide bonds. The van der Waals surface area contributed by atoms with Gasteiger partial charge in [-0.05, 0) is 47.9 Å². The molecule has 0 heterocycles. The normalized spacial score (nSPS) is 12.1. The highest BCUT2D eigenvalue weighted by molar-refractivity contribution is 5.46. The second-order valence-corrected chi connectivity index (χ2v) is 4.59. The molecule has 0 aromatic heterocycles. The van der Waals surface area contributed by atoms with E-state index in [0.29, 0.717) is 11.5 Å². The monoisotopic (exact) mass is 275 g/mol. The zero-order valence-electron chi connectivity index (χ0n) is 11.8. The maximum absolute atomic E-state index is 13.2. The van der Waals surface area contributed by atoms with Gasteiger partial charge >= 0.3 is 0 Å². The van der Waals surface area contributed by atoms with Crippen molar-refractivity contribution in [3.63, 3.8) is 0 Å². The van der Waals surface area contributed by atoms with Crippen LogP contribution in [0.4, 0.5) is 4.39 Å². The van der Waals surface area contributed by atoms with Gasteiger partial charge in [-0.15, -0.1) is 0 Å². The van der Waals surface area contributed by atoms with Crippen LogP contribution >= 0.6 is 0 Å². The lowest BCUT2D eigenvalue weighted by atomic mass is 9.95. The average molecular weight is 275 g/mol. The Kier molecular flexibility index (Phi) is 4.25. The fraction of sp³-hybridized carbons (Fsp3) is 0.250. The van der Waals surface area contributed by atoms with Gasteiger partial charge in [-0.1, -0.05) is 12.1 Å². The SMILES string of the molecule is COc1ccc(C(N)c2ccc(F)cc2C)cc1OC. The van der Waals surface area contributed by atoms with Crippen LogP contribution in [-0.4, -0.2) is 14.2 Å². The maximum atomic E-state index is 13.2. The number of nitrogens with two attached hydrogens (primary N) is 1. The Balaban J connectivity index is 2.40. The molecular weight excluding hydrogens is 257 g/mol. The van der Waals surface area contributed by atoms with E-state index < -0.39 is 0 Å². The molecule has 106 valence electrons. The summed E-state index contributed by atoms with van der Waals surface area (Å²) >= 11 is 0. The molecule has 4 heteroatoms. The van der Waals surface area contributed by atoms with Crippen molar-refractivity contribution >= 4 is 0 Å². The van der Waals surface area contributed by atoms with E-state index in [1.807, 2.05) is 25.1 Å². The third-order valence-electron chi connectivity index (χ3n) is 3.33. The van der Waals surface area contributed by atoms with Crippen LogP contribution in [-0.2, 0) is 0 Å². The second-order valence-electron chi connectivity index (χ2n) is 4.59. The predicted octanol–water partition coefficient (Wildman–Crippen LogP) is 3.20. The van der Waals surface area contributed by atoms with Crippen LogP contribution in [0, 0.1) is 12.7 Å². The van der Waals surface area contributed by atoms with Crippen molar-refractivity contribution in [3.8, 4) is 11.5 Å². The summed E-state index contributed by atoms with van der Waals surface area (Å²) in [6.45, 7) is 1.85. The van der Waals surface area contributed by atoms with Crippen molar-refractivity contribution in [1.29, 1.82) is 0 Å². The van der Waals surface area contributed by atoms with E-state index in [2.05, 4.69) is 0 Å². The Hall–Kier alpha value is -2.07. The molecular formula is C16H18FNO2. The van der Waals surface area contributed by atoms with Gasteiger partial charge in [0.25, 0.3) is 0 Å². The van der Waals surface area contributed by atoms with Crippen LogP contribution in [0.5, 0.6) is 11.5 Å². The molecule has 3 nitrogen and oxygen atoms in total. The van der Waals surface area contributed by atoms with E-state index in [-0.39, 0.29) is 11.9 Å². The van der Waals surface area contributed by atoms with Crippen LogP contribution in [0.2, 0.25) is 0 Å². The third-order valence-corrected chi connectivity index (χ3v) is 3.33. The summed E-state index contributed by atoms with van der Waals surface area (Å²) in [5, 5.41) is 0. The highest BCUT2D eigenvalue weighted by Crippen LogP contribution is 2.32. The summed E-state index contributed by atoms with van der Waals surface area (Å²) in [6.07, 6.45) is 0. The Morgan fingerprint density at radius 3 is 2.30 bits per heavy atom. The van der Waals surface area contributed by atoms with Crippen molar-refractivity contribution in [2.75, 3.05) is 14.2 Å². The standard InChI is InChI=1S/C16H18FNO2/c1-10-8-12(17)5-6-13(10)16(18)11-4-7-14(19-2)15(9-11)20-3/h4-9,16H,18H2,1-3H3. The Labute approximate surface area is 118 Å². The van der Waals surface area contributed by atoms with Crippen LogP contribution in [0.25, 0.3) is 0 Å². The molecule has 1 atom stereocenters. The van der Waals surface area contributed by atoms with E-state index in [1.54, 1.807) is 20.3 Å². The first-order valence-corrected chi connectivity index (χ1v) is 6.30. The van der Waals surface area contributed by atoms with E-state index >= 15 is 0 Å². The number of rotatable bonds is 4. The average Bonchev–Trinajstić information content (AvgIpc) is 2.45. The molecule has 0 saturated carbocycles. The third kappa shape index (κ3) is 2.75. The fourth-order valence-electron chi connectivity index (χ4n) is 2.21. The van der Waals surface area contributed by atoms with Crippen LogP contribution in [0.3, 0.4) is 0 Å². The predicted molar refractivity (Wildman–Crippen MR) is 76.7 cm³/mol. The first-order chi connectivity index (χ1) is 9.56. The minimum absolute atomic E-state index is 0.259. The van der Waals surface area contributed by atoms with Gasteiger partial charge in [0.05, 0.1) is 20.3 Å². The molecule has 1 unspecified atom stereocenters. The van der Waals surface area contributed by atoms with Gasteiger partial charge in [-0.2, -0.15) is 0 Å². The summed E-state index contributed by atoms with van der Waals surface area (Å²) < 4.78 is 23.6. The van der Waals surface area contributed by atoms with Crippen molar-refractivity contribution in [1.82, 2.24) is 0 Å². The van der Waals surface area contributed by atoms with Crippen molar-refractivity contribution in [3.05, 3.63) is 58.9 Å². The molecule has 2 aromatic rings. The molecule has 0 radical (unpaired) electrons. The molecule has 0 aliphatic heterocycles. The molecule has 20 heavy (non-hydrogen) atoms. The van der Waals surface area contributed by atoms with Gasteiger partial charge in [-0.3, -0.25) is 0 Å². The van der Waals surface area contributed by atoms with Gasteiger partial charge in [0.1, 0.15) is 5.82 Å². The number of benzene rings is 2. The highest BCUT2D eigenvalue weighted by atomic mass is 19.1. The molecule has 0 spiro atoms. The van der Waals surface area contributed by atoms with E-state index in [9.17, 15) is 4.39 Å². The lowest BCUT2D eigenvalue weighted by Crippen LogP contribution is -2.13. The summed E-state index contributed by atoms with van der Waals surface area (Å²) in [5.74, 6) is 1.02. The molecule has 0 aliphatic carbocycles. The zero-order valence-corrected chi connectivity index (χ0v) is 11.8.